The van der Waals surface area contributed by atoms with Gasteiger partial charge in [0.25, 0.3) is 11.8 Å². The van der Waals surface area contributed by atoms with Gasteiger partial charge in [-0.1, -0.05) is 29.8 Å². The van der Waals surface area contributed by atoms with Gasteiger partial charge in [-0.15, -0.1) is 0 Å². The average molecular weight is 383 g/mol. The Labute approximate surface area is 162 Å². The first kappa shape index (κ1) is 18.7. The summed E-state index contributed by atoms with van der Waals surface area (Å²) in [6.45, 7) is 0.774. The number of benzene rings is 2. The molecule has 0 aliphatic rings. The number of halogens is 1. The molecule has 5 nitrogen and oxygen atoms in total. The van der Waals surface area contributed by atoms with Gasteiger partial charge in [0.05, 0.1) is 12.8 Å². The number of carbonyl (C=O) groups is 2. The Morgan fingerprint density at radius 3 is 2.33 bits per heavy atom. The van der Waals surface area contributed by atoms with E-state index in [-0.39, 0.29) is 11.8 Å². The van der Waals surface area contributed by atoms with E-state index in [1.165, 1.54) is 0 Å². The number of hydrogen-bond acceptors (Lipinski definition) is 3. The van der Waals surface area contributed by atoms with Crippen LogP contribution in [0.25, 0.3) is 0 Å². The summed E-state index contributed by atoms with van der Waals surface area (Å²) in [5.41, 5.74) is 1.91. The zero-order valence-corrected chi connectivity index (χ0v) is 15.3. The van der Waals surface area contributed by atoms with Crippen LogP contribution in [-0.2, 0) is 13.0 Å². The van der Waals surface area contributed by atoms with Crippen LogP contribution in [0.3, 0.4) is 0 Å². The van der Waals surface area contributed by atoms with Crippen molar-refractivity contribution in [2.24, 2.45) is 0 Å². The van der Waals surface area contributed by atoms with Gasteiger partial charge in [-0.05, 0) is 54.4 Å². The fourth-order valence-corrected chi connectivity index (χ4v) is 2.81. The largest absolute Gasteiger partial charge is 0.467 e. The van der Waals surface area contributed by atoms with E-state index in [9.17, 15) is 9.59 Å². The quantitative estimate of drug-likeness (QED) is 0.652. The van der Waals surface area contributed by atoms with Crippen LogP contribution in [0.1, 0.15) is 32.0 Å². The summed E-state index contributed by atoms with van der Waals surface area (Å²) in [7, 11) is 0. The maximum atomic E-state index is 12.3. The fourth-order valence-electron chi connectivity index (χ4n) is 2.60. The molecule has 2 amide bonds. The van der Waals surface area contributed by atoms with E-state index in [1.807, 2.05) is 24.3 Å². The predicted molar refractivity (Wildman–Crippen MR) is 104 cm³/mol. The summed E-state index contributed by atoms with van der Waals surface area (Å²) in [5, 5.41) is 6.29. The molecule has 1 aromatic heterocycles. The van der Waals surface area contributed by atoms with Gasteiger partial charge in [0.15, 0.2) is 0 Å². The highest BCUT2D eigenvalue weighted by atomic mass is 35.5. The first-order valence-electron chi connectivity index (χ1n) is 8.55. The van der Waals surface area contributed by atoms with Gasteiger partial charge >= 0.3 is 0 Å². The lowest BCUT2D eigenvalue weighted by Gasteiger charge is -2.08. The van der Waals surface area contributed by atoms with Crippen LogP contribution in [-0.4, -0.2) is 18.4 Å². The molecule has 0 radical (unpaired) electrons. The van der Waals surface area contributed by atoms with Gasteiger partial charge in [0, 0.05) is 22.7 Å². The van der Waals surface area contributed by atoms with Crippen molar-refractivity contribution in [2.45, 2.75) is 13.0 Å². The molecule has 1 heterocycles. The van der Waals surface area contributed by atoms with E-state index >= 15 is 0 Å². The SMILES string of the molecule is O=C(NCCc1cccc(Cl)c1)c1cccc(C(=O)NCc2ccco2)c1. The smallest absolute Gasteiger partial charge is 0.251 e. The highest BCUT2D eigenvalue weighted by molar-refractivity contribution is 6.30. The minimum Gasteiger partial charge on any atom is -0.467 e. The maximum Gasteiger partial charge on any atom is 0.251 e. The fraction of sp³-hybridized carbons (Fsp3) is 0.143. The Kier molecular flexibility index (Phi) is 6.28. The Morgan fingerprint density at radius 1 is 0.889 bits per heavy atom. The summed E-state index contributed by atoms with van der Waals surface area (Å²) in [6.07, 6.45) is 2.23. The third-order valence-electron chi connectivity index (χ3n) is 3.98. The predicted octanol–water partition coefficient (Wildman–Crippen LogP) is 3.84. The number of nitrogens with one attached hydrogen (secondary N) is 2. The minimum absolute atomic E-state index is 0.224. The van der Waals surface area contributed by atoms with Gasteiger partial charge in [-0.3, -0.25) is 9.59 Å². The highest BCUT2D eigenvalue weighted by Gasteiger charge is 2.10. The van der Waals surface area contributed by atoms with Gasteiger partial charge < -0.3 is 15.1 Å². The van der Waals surface area contributed by atoms with E-state index in [1.54, 1.807) is 42.7 Å². The zero-order valence-electron chi connectivity index (χ0n) is 14.6. The van der Waals surface area contributed by atoms with Gasteiger partial charge in [-0.2, -0.15) is 0 Å². The van der Waals surface area contributed by atoms with Crippen molar-refractivity contribution >= 4 is 23.4 Å². The number of amides is 2. The summed E-state index contributed by atoms with van der Waals surface area (Å²) < 4.78 is 5.18. The van der Waals surface area contributed by atoms with Crippen LogP contribution in [0, 0.1) is 0 Å². The van der Waals surface area contributed by atoms with Crippen molar-refractivity contribution < 1.29 is 14.0 Å². The van der Waals surface area contributed by atoms with Crippen molar-refractivity contribution in [1.82, 2.24) is 10.6 Å². The molecule has 0 unspecified atom stereocenters. The molecule has 0 aliphatic heterocycles. The number of rotatable bonds is 7. The Balaban J connectivity index is 1.54. The summed E-state index contributed by atoms with van der Waals surface area (Å²) in [5.74, 6) is 0.177. The lowest BCUT2D eigenvalue weighted by Crippen LogP contribution is -2.27. The number of carbonyl (C=O) groups excluding carboxylic acids is 2. The third kappa shape index (κ3) is 5.46. The van der Waals surface area contributed by atoms with E-state index in [0.717, 1.165) is 5.56 Å². The van der Waals surface area contributed by atoms with Crippen LogP contribution < -0.4 is 10.6 Å². The van der Waals surface area contributed by atoms with Crippen molar-refractivity contribution in [3.63, 3.8) is 0 Å². The molecular formula is C21H19ClN2O3. The van der Waals surface area contributed by atoms with E-state index < -0.39 is 0 Å². The standard InChI is InChI=1S/C21H19ClN2O3/c22-18-7-1-4-15(12-18)9-10-23-20(25)16-5-2-6-17(13-16)21(26)24-14-19-8-3-11-27-19/h1-8,11-13H,9-10,14H2,(H,23,25)(H,24,26). The molecule has 0 saturated heterocycles. The topological polar surface area (TPSA) is 71.3 Å². The number of furan rings is 1. The molecule has 0 fully saturated rings. The Morgan fingerprint density at radius 2 is 1.63 bits per heavy atom. The molecule has 2 aromatic carbocycles. The second kappa shape index (κ2) is 9.05. The molecule has 27 heavy (non-hydrogen) atoms. The Hall–Kier alpha value is -3.05. The zero-order chi connectivity index (χ0) is 19.1. The molecule has 0 spiro atoms. The highest BCUT2D eigenvalue weighted by Crippen LogP contribution is 2.11. The summed E-state index contributed by atoms with van der Waals surface area (Å²) in [4.78, 5) is 24.6. The molecular weight excluding hydrogens is 364 g/mol. The first-order chi connectivity index (χ1) is 13.1. The second-order valence-electron chi connectivity index (χ2n) is 5.98. The van der Waals surface area contributed by atoms with Crippen LogP contribution in [0.4, 0.5) is 0 Å². The molecule has 138 valence electrons. The van der Waals surface area contributed by atoms with Gasteiger partial charge in [0.1, 0.15) is 5.76 Å². The second-order valence-corrected chi connectivity index (χ2v) is 6.42. The van der Waals surface area contributed by atoms with Gasteiger partial charge in [-0.25, -0.2) is 0 Å². The molecule has 0 bridgehead atoms. The lowest BCUT2D eigenvalue weighted by molar-refractivity contribution is 0.0948. The molecule has 3 rings (SSSR count). The summed E-state index contributed by atoms with van der Waals surface area (Å²) in [6, 6.07) is 17.7. The molecule has 3 aromatic rings. The van der Waals surface area contributed by atoms with Crippen molar-refractivity contribution in [2.75, 3.05) is 6.54 Å². The van der Waals surface area contributed by atoms with Crippen molar-refractivity contribution in [1.29, 1.82) is 0 Å². The van der Waals surface area contributed by atoms with E-state index in [2.05, 4.69) is 10.6 Å². The van der Waals surface area contributed by atoms with Crippen LogP contribution in [0.15, 0.2) is 71.3 Å². The molecule has 0 saturated carbocycles. The Bertz CT molecular complexity index is 923. The van der Waals surface area contributed by atoms with Crippen molar-refractivity contribution in [3.8, 4) is 0 Å². The number of hydrogen-bond donors (Lipinski definition) is 2. The molecule has 0 atom stereocenters. The molecule has 6 heteroatoms. The first-order valence-corrected chi connectivity index (χ1v) is 8.93. The molecule has 0 aliphatic carbocycles. The summed E-state index contributed by atoms with van der Waals surface area (Å²) >= 11 is 5.96. The average Bonchev–Trinajstić information content (AvgIpc) is 3.20. The van der Waals surface area contributed by atoms with E-state index in [0.29, 0.717) is 41.4 Å². The normalized spacial score (nSPS) is 10.4. The lowest BCUT2D eigenvalue weighted by atomic mass is 10.1. The van der Waals surface area contributed by atoms with E-state index in [4.69, 9.17) is 16.0 Å². The maximum absolute atomic E-state index is 12.3. The van der Waals surface area contributed by atoms with Crippen LogP contribution in [0.5, 0.6) is 0 Å². The van der Waals surface area contributed by atoms with Crippen LogP contribution in [0.2, 0.25) is 5.02 Å². The van der Waals surface area contributed by atoms with Crippen molar-refractivity contribution in [3.05, 3.63) is 94.4 Å². The molecule has 2 N–H and O–H groups in total. The third-order valence-corrected chi connectivity index (χ3v) is 4.21. The van der Waals surface area contributed by atoms with Gasteiger partial charge in [0.2, 0.25) is 0 Å². The van der Waals surface area contributed by atoms with Crippen LogP contribution >= 0.6 is 11.6 Å². The monoisotopic (exact) mass is 382 g/mol. The minimum atomic E-state index is -0.264.